The summed E-state index contributed by atoms with van der Waals surface area (Å²) in [5, 5.41) is 12.9. The Kier molecular flexibility index (Phi) is 5.08. The number of likely N-dealkylation sites (tertiary alicyclic amines) is 1. The Hall–Kier alpha value is -0.940. The molecule has 0 saturated carbocycles. The summed E-state index contributed by atoms with van der Waals surface area (Å²) < 4.78 is 0. The van der Waals surface area contributed by atoms with Crippen LogP contribution in [0.4, 0.5) is 0 Å². The largest absolute Gasteiger partial charge is 0.392 e. The molecule has 2 atom stereocenters. The van der Waals surface area contributed by atoms with Crippen molar-refractivity contribution >= 4 is 11.8 Å². The maximum absolute atomic E-state index is 11.6. The molecule has 2 unspecified atom stereocenters. The van der Waals surface area contributed by atoms with Crippen molar-refractivity contribution in [3.8, 4) is 0 Å². The molecule has 17 heavy (non-hydrogen) atoms. The summed E-state index contributed by atoms with van der Waals surface area (Å²) in [4.78, 5) is 24.0. The summed E-state index contributed by atoms with van der Waals surface area (Å²) in [7, 11) is 1.49. The van der Waals surface area contributed by atoms with Gasteiger partial charge in [0, 0.05) is 13.6 Å². The lowest BCUT2D eigenvalue weighted by Crippen LogP contribution is -2.42. The van der Waals surface area contributed by atoms with E-state index in [1.165, 1.54) is 7.05 Å². The molecule has 1 fully saturated rings. The fourth-order valence-corrected chi connectivity index (χ4v) is 2.18. The monoisotopic (exact) mass is 242 g/mol. The molecule has 0 aliphatic carbocycles. The molecule has 2 N–H and O–H groups in total. The highest BCUT2D eigenvalue weighted by molar-refractivity contribution is 6.05. The van der Waals surface area contributed by atoms with Crippen LogP contribution in [0.3, 0.4) is 0 Å². The van der Waals surface area contributed by atoms with Gasteiger partial charge in [0.2, 0.25) is 11.8 Å². The third-order valence-corrected chi connectivity index (χ3v) is 3.55. The summed E-state index contributed by atoms with van der Waals surface area (Å²) in [5.41, 5.74) is 0. The first kappa shape index (κ1) is 14.1. The van der Waals surface area contributed by atoms with Gasteiger partial charge < -0.3 is 10.4 Å². The Bertz CT molecular complexity index is 289. The molecule has 1 aliphatic rings. The lowest BCUT2D eigenvalue weighted by molar-refractivity contribution is -0.137. The summed E-state index contributed by atoms with van der Waals surface area (Å²) >= 11 is 0. The van der Waals surface area contributed by atoms with E-state index in [0.29, 0.717) is 6.54 Å². The van der Waals surface area contributed by atoms with Gasteiger partial charge in [0.25, 0.3) is 0 Å². The standard InChI is InChI=1S/C12H22N2O3/c1-4-8(5-2)10(15)7-13-9-6-11(16)14(3)12(9)17/h8-10,13,15H,4-7H2,1-3H3. The van der Waals surface area contributed by atoms with Crippen molar-refractivity contribution in [2.24, 2.45) is 5.92 Å². The van der Waals surface area contributed by atoms with Crippen LogP contribution >= 0.6 is 0 Å². The van der Waals surface area contributed by atoms with Crippen molar-refractivity contribution in [3.05, 3.63) is 0 Å². The van der Waals surface area contributed by atoms with E-state index in [-0.39, 0.29) is 24.2 Å². The zero-order chi connectivity index (χ0) is 13.0. The Labute approximate surface area is 102 Å². The zero-order valence-electron chi connectivity index (χ0n) is 10.8. The predicted octanol–water partition coefficient (Wildman–Crippen LogP) is 0.130. The summed E-state index contributed by atoms with van der Waals surface area (Å²) in [6.07, 6.45) is 1.57. The highest BCUT2D eigenvalue weighted by Gasteiger charge is 2.36. The van der Waals surface area contributed by atoms with Crippen molar-refractivity contribution in [1.29, 1.82) is 0 Å². The van der Waals surface area contributed by atoms with Gasteiger partial charge in [0.05, 0.1) is 18.6 Å². The molecular weight excluding hydrogens is 220 g/mol. The number of likely N-dealkylation sites (N-methyl/N-ethyl adjacent to an activating group) is 1. The minimum Gasteiger partial charge on any atom is -0.392 e. The molecule has 1 saturated heterocycles. The smallest absolute Gasteiger partial charge is 0.246 e. The number of carbonyl (C=O) groups excluding carboxylic acids is 2. The van der Waals surface area contributed by atoms with E-state index < -0.39 is 12.1 Å². The average molecular weight is 242 g/mol. The minimum absolute atomic E-state index is 0.162. The summed E-state index contributed by atoms with van der Waals surface area (Å²) in [6, 6.07) is -0.462. The highest BCUT2D eigenvalue weighted by Crippen LogP contribution is 2.14. The number of amides is 2. The van der Waals surface area contributed by atoms with Crippen molar-refractivity contribution in [3.63, 3.8) is 0 Å². The van der Waals surface area contributed by atoms with Crippen LogP contribution in [0.1, 0.15) is 33.1 Å². The molecule has 1 rings (SSSR count). The molecule has 5 heteroatoms. The van der Waals surface area contributed by atoms with Gasteiger partial charge in [-0.2, -0.15) is 0 Å². The topological polar surface area (TPSA) is 69.6 Å². The highest BCUT2D eigenvalue weighted by atomic mass is 16.3. The molecule has 5 nitrogen and oxygen atoms in total. The first-order chi connectivity index (χ1) is 8.01. The number of aliphatic hydroxyl groups excluding tert-OH is 1. The molecule has 0 aromatic rings. The maximum Gasteiger partial charge on any atom is 0.246 e. The van der Waals surface area contributed by atoms with E-state index in [1.807, 2.05) is 13.8 Å². The zero-order valence-corrected chi connectivity index (χ0v) is 10.8. The second-order valence-electron chi connectivity index (χ2n) is 4.60. The molecule has 1 aliphatic heterocycles. The first-order valence-electron chi connectivity index (χ1n) is 6.23. The Morgan fingerprint density at radius 1 is 1.41 bits per heavy atom. The van der Waals surface area contributed by atoms with Crippen molar-refractivity contribution in [2.45, 2.75) is 45.3 Å². The van der Waals surface area contributed by atoms with Gasteiger partial charge in [-0.05, 0) is 5.92 Å². The van der Waals surface area contributed by atoms with Crippen LogP contribution in [0.25, 0.3) is 0 Å². The first-order valence-corrected chi connectivity index (χ1v) is 6.23. The number of imide groups is 1. The molecular formula is C12H22N2O3. The minimum atomic E-state index is -0.462. The van der Waals surface area contributed by atoms with Crippen LogP contribution in [-0.2, 0) is 9.59 Å². The van der Waals surface area contributed by atoms with Crippen molar-refractivity contribution in [1.82, 2.24) is 10.2 Å². The summed E-state index contributed by atoms with van der Waals surface area (Å²) in [5.74, 6) is -0.122. The normalized spacial score (nSPS) is 22.6. The van der Waals surface area contributed by atoms with Crippen LogP contribution < -0.4 is 5.32 Å². The molecule has 2 amide bonds. The Balaban J connectivity index is 2.41. The van der Waals surface area contributed by atoms with E-state index in [9.17, 15) is 14.7 Å². The molecule has 1 heterocycles. The van der Waals surface area contributed by atoms with Gasteiger partial charge in [-0.25, -0.2) is 0 Å². The van der Waals surface area contributed by atoms with E-state index >= 15 is 0 Å². The second kappa shape index (κ2) is 6.12. The van der Waals surface area contributed by atoms with Gasteiger partial charge in [-0.3, -0.25) is 14.5 Å². The average Bonchev–Trinajstić information content (AvgIpc) is 2.56. The van der Waals surface area contributed by atoms with Crippen LogP contribution in [0.2, 0.25) is 0 Å². The second-order valence-corrected chi connectivity index (χ2v) is 4.60. The van der Waals surface area contributed by atoms with Gasteiger partial charge in [0.1, 0.15) is 0 Å². The number of nitrogens with zero attached hydrogens (tertiary/aromatic N) is 1. The maximum atomic E-state index is 11.6. The quantitative estimate of drug-likeness (QED) is 0.650. The van der Waals surface area contributed by atoms with Crippen LogP contribution in [0, 0.1) is 5.92 Å². The summed E-state index contributed by atoms with van der Waals surface area (Å²) in [6.45, 7) is 4.44. The number of nitrogens with one attached hydrogen (secondary N) is 1. The molecule has 98 valence electrons. The van der Waals surface area contributed by atoms with E-state index in [4.69, 9.17) is 0 Å². The predicted molar refractivity (Wildman–Crippen MR) is 64.3 cm³/mol. The van der Waals surface area contributed by atoms with Crippen LogP contribution in [0.15, 0.2) is 0 Å². The van der Waals surface area contributed by atoms with Crippen LogP contribution in [-0.4, -0.2) is 47.6 Å². The third-order valence-electron chi connectivity index (χ3n) is 3.55. The van der Waals surface area contributed by atoms with E-state index in [1.54, 1.807) is 0 Å². The molecule has 0 spiro atoms. The van der Waals surface area contributed by atoms with Gasteiger partial charge in [-0.15, -0.1) is 0 Å². The number of hydrogen-bond acceptors (Lipinski definition) is 4. The lowest BCUT2D eigenvalue weighted by Gasteiger charge is -2.21. The SMILES string of the molecule is CCC(CC)C(O)CNC1CC(=O)N(C)C1=O. The Morgan fingerprint density at radius 3 is 2.41 bits per heavy atom. The fourth-order valence-electron chi connectivity index (χ4n) is 2.18. The van der Waals surface area contributed by atoms with Crippen molar-refractivity contribution in [2.75, 3.05) is 13.6 Å². The van der Waals surface area contributed by atoms with E-state index in [0.717, 1.165) is 17.7 Å². The molecule has 0 bridgehead atoms. The van der Waals surface area contributed by atoms with Gasteiger partial charge >= 0.3 is 0 Å². The number of rotatable bonds is 6. The fraction of sp³-hybridized carbons (Fsp3) is 0.833. The van der Waals surface area contributed by atoms with E-state index in [2.05, 4.69) is 5.32 Å². The molecule has 0 radical (unpaired) electrons. The third kappa shape index (κ3) is 3.26. The Morgan fingerprint density at radius 2 is 2.00 bits per heavy atom. The van der Waals surface area contributed by atoms with Gasteiger partial charge in [0.15, 0.2) is 0 Å². The lowest BCUT2D eigenvalue weighted by atomic mass is 9.96. The number of aliphatic hydroxyl groups is 1. The molecule has 0 aromatic carbocycles. The number of hydrogen-bond donors (Lipinski definition) is 2. The molecule has 0 aromatic heterocycles. The van der Waals surface area contributed by atoms with Crippen molar-refractivity contribution < 1.29 is 14.7 Å². The van der Waals surface area contributed by atoms with Gasteiger partial charge in [-0.1, -0.05) is 26.7 Å². The number of carbonyl (C=O) groups is 2. The van der Waals surface area contributed by atoms with Crippen LogP contribution in [0.5, 0.6) is 0 Å².